The zero-order valence-corrected chi connectivity index (χ0v) is 17.0. The molecule has 0 bridgehead atoms. The maximum Gasteiger partial charge on any atom is 0.432 e. The second kappa shape index (κ2) is 9.35. The Labute approximate surface area is 183 Å². The first-order valence-electron chi connectivity index (χ1n) is 9.02. The first-order chi connectivity index (χ1) is 15.0. The summed E-state index contributed by atoms with van der Waals surface area (Å²) in [5.41, 5.74) is -0.652. The summed E-state index contributed by atoms with van der Waals surface area (Å²) in [6.07, 6.45) is -4.66. The highest BCUT2D eigenvalue weighted by molar-refractivity contribution is 6.30. The van der Waals surface area contributed by atoms with Gasteiger partial charge in [-0.1, -0.05) is 23.7 Å². The van der Waals surface area contributed by atoms with Crippen molar-refractivity contribution in [3.05, 3.63) is 82.0 Å². The van der Waals surface area contributed by atoms with Gasteiger partial charge in [-0.05, 0) is 42.8 Å². The standard InChI is InChI=1S/C20H15ClF5N5O/c1-10(11-2-5-13(21)6-3-11)27-19(28-17-9-16(30-31-17)20(24,25)26)29-18(32)12-4-7-14(22)15(23)8-12/h2-10H,1H3,(H3,27,28,29,30,31,32)/t10-/m1/s1. The van der Waals surface area contributed by atoms with Crippen LogP contribution in [0.15, 0.2) is 53.5 Å². The summed E-state index contributed by atoms with van der Waals surface area (Å²) in [5, 5.41) is 10.7. The lowest BCUT2D eigenvalue weighted by molar-refractivity contribution is -0.141. The van der Waals surface area contributed by atoms with E-state index in [4.69, 9.17) is 11.6 Å². The van der Waals surface area contributed by atoms with Crippen LogP contribution in [0.4, 0.5) is 27.8 Å². The minimum atomic E-state index is -4.66. The van der Waals surface area contributed by atoms with E-state index >= 15 is 0 Å². The summed E-state index contributed by atoms with van der Waals surface area (Å²) in [4.78, 5) is 16.8. The second-order valence-electron chi connectivity index (χ2n) is 6.58. The quantitative estimate of drug-likeness (QED) is 0.274. The Kier molecular flexibility index (Phi) is 6.78. The number of aromatic amines is 1. The molecular formula is C20H15ClF5N5O. The molecule has 32 heavy (non-hydrogen) atoms. The fraction of sp³-hybridized carbons (Fsp3) is 0.150. The largest absolute Gasteiger partial charge is 0.432 e. The SMILES string of the molecule is C[C@@H](N=C(NC(=O)c1ccc(F)c(F)c1)Nc1cc(C(F)(F)F)[nH]n1)c1ccc(Cl)cc1. The Hall–Kier alpha value is -3.47. The molecular weight excluding hydrogens is 457 g/mol. The van der Waals surface area contributed by atoms with Crippen LogP contribution in [-0.2, 0) is 6.18 Å². The van der Waals surface area contributed by atoms with Crippen LogP contribution in [0.2, 0.25) is 5.02 Å². The summed E-state index contributed by atoms with van der Waals surface area (Å²) >= 11 is 5.86. The van der Waals surface area contributed by atoms with E-state index in [-0.39, 0.29) is 17.3 Å². The van der Waals surface area contributed by atoms with Crippen molar-refractivity contribution in [1.29, 1.82) is 0 Å². The Morgan fingerprint density at radius 2 is 1.78 bits per heavy atom. The molecule has 1 atom stereocenters. The first kappa shape index (κ1) is 23.2. The molecule has 0 aliphatic carbocycles. The lowest BCUT2D eigenvalue weighted by atomic mass is 10.1. The highest BCUT2D eigenvalue weighted by atomic mass is 35.5. The molecule has 0 spiro atoms. The smallest absolute Gasteiger partial charge is 0.309 e. The zero-order chi connectivity index (χ0) is 23.5. The topological polar surface area (TPSA) is 82.2 Å². The third-order valence-corrected chi connectivity index (χ3v) is 4.47. The molecule has 0 aliphatic heterocycles. The molecule has 0 radical (unpaired) electrons. The number of hydrogen-bond donors (Lipinski definition) is 3. The van der Waals surface area contributed by atoms with Crippen LogP contribution in [0.5, 0.6) is 0 Å². The van der Waals surface area contributed by atoms with Crippen LogP contribution in [0, 0.1) is 11.6 Å². The third kappa shape index (κ3) is 5.82. The van der Waals surface area contributed by atoms with E-state index in [1.165, 1.54) is 0 Å². The van der Waals surface area contributed by atoms with Gasteiger partial charge in [0, 0.05) is 16.7 Å². The molecule has 0 saturated heterocycles. The molecule has 3 aromatic rings. The maximum absolute atomic E-state index is 13.5. The van der Waals surface area contributed by atoms with Gasteiger partial charge in [0.25, 0.3) is 5.91 Å². The van der Waals surface area contributed by atoms with E-state index in [1.807, 2.05) is 5.10 Å². The summed E-state index contributed by atoms with van der Waals surface area (Å²) < 4.78 is 65.1. The molecule has 0 fully saturated rings. The number of carbonyl (C=O) groups is 1. The number of guanidine groups is 1. The van der Waals surface area contributed by atoms with Gasteiger partial charge >= 0.3 is 6.18 Å². The van der Waals surface area contributed by atoms with Crippen LogP contribution in [-0.4, -0.2) is 22.1 Å². The average molecular weight is 472 g/mol. The number of aromatic nitrogens is 2. The van der Waals surface area contributed by atoms with E-state index < -0.39 is 35.5 Å². The Bertz CT molecular complexity index is 1140. The van der Waals surface area contributed by atoms with Gasteiger partial charge in [0.2, 0.25) is 5.96 Å². The van der Waals surface area contributed by atoms with Crippen molar-refractivity contribution in [2.24, 2.45) is 4.99 Å². The Morgan fingerprint density at radius 1 is 1.09 bits per heavy atom. The van der Waals surface area contributed by atoms with Crippen molar-refractivity contribution in [2.45, 2.75) is 19.1 Å². The average Bonchev–Trinajstić information content (AvgIpc) is 3.19. The molecule has 3 rings (SSSR count). The van der Waals surface area contributed by atoms with Gasteiger partial charge in [-0.15, -0.1) is 0 Å². The number of rotatable bonds is 4. The minimum Gasteiger partial charge on any atom is -0.309 e. The van der Waals surface area contributed by atoms with Crippen molar-refractivity contribution in [1.82, 2.24) is 15.5 Å². The third-order valence-electron chi connectivity index (χ3n) is 4.22. The highest BCUT2D eigenvalue weighted by Crippen LogP contribution is 2.28. The predicted octanol–water partition coefficient (Wildman–Crippen LogP) is 5.32. The molecule has 1 heterocycles. The lowest BCUT2D eigenvalue weighted by Crippen LogP contribution is -2.36. The van der Waals surface area contributed by atoms with E-state index in [0.29, 0.717) is 22.7 Å². The number of nitrogens with one attached hydrogen (secondary N) is 3. The number of nitrogens with zero attached hydrogens (tertiary/aromatic N) is 2. The molecule has 0 unspecified atom stereocenters. The molecule has 6 nitrogen and oxygen atoms in total. The molecule has 12 heteroatoms. The first-order valence-corrected chi connectivity index (χ1v) is 9.40. The summed E-state index contributed by atoms with van der Waals surface area (Å²) in [6, 6.07) is 9.23. The predicted molar refractivity (Wildman–Crippen MR) is 108 cm³/mol. The van der Waals surface area contributed by atoms with Crippen LogP contribution >= 0.6 is 11.6 Å². The summed E-state index contributed by atoms with van der Waals surface area (Å²) in [7, 11) is 0. The van der Waals surface area contributed by atoms with Gasteiger partial charge in [0.05, 0.1) is 6.04 Å². The van der Waals surface area contributed by atoms with E-state index in [2.05, 4.69) is 20.7 Å². The molecule has 1 aromatic heterocycles. The number of amides is 1. The van der Waals surface area contributed by atoms with Crippen LogP contribution in [0.3, 0.4) is 0 Å². The summed E-state index contributed by atoms with van der Waals surface area (Å²) in [5.74, 6) is -3.78. The number of halogens is 6. The normalized spacial score (nSPS) is 13.0. The van der Waals surface area contributed by atoms with Crippen LogP contribution in [0.25, 0.3) is 0 Å². The monoisotopic (exact) mass is 471 g/mol. The fourth-order valence-corrected chi connectivity index (χ4v) is 2.70. The van der Waals surface area contributed by atoms with Crippen molar-refractivity contribution in [3.8, 4) is 0 Å². The van der Waals surface area contributed by atoms with Crippen molar-refractivity contribution < 1.29 is 26.7 Å². The number of aliphatic imine (C=N–C) groups is 1. The van der Waals surface area contributed by atoms with Gasteiger partial charge in [-0.3, -0.25) is 15.2 Å². The number of carbonyl (C=O) groups excluding carboxylic acids is 1. The number of benzene rings is 2. The number of alkyl halides is 3. The van der Waals surface area contributed by atoms with Gasteiger partial charge in [0.15, 0.2) is 17.5 Å². The zero-order valence-electron chi connectivity index (χ0n) is 16.3. The molecule has 0 saturated carbocycles. The number of hydrogen-bond acceptors (Lipinski definition) is 3. The van der Waals surface area contributed by atoms with Crippen molar-refractivity contribution in [3.63, 3.8) is 0 Å². The highest BCUT2D eigenvalue weighted by Gasteiger charge is 2.33. The van der Waals surface area contributed by atoms with E-state index in [9.17, 15) is 26.7 Å². The maximum atomic E-state index is 13.5. The molecule has 3 N–H and O–H groups in total. The van der Waals surface area contributed by atoms with Gasteiger partial charge in [-0.25, -0.2) is 13.8 Å². The summed E-state index contributed by atoms with van der Waals surface area (Å²) in [6.45, 7) is 1.67. The lowest BCUT2D eigenvalue weighted by Gasteiger charge is -2.14. The second-order valence-corrected chi connectivity index (χ2v) is 7.01. The minimum absolute atomic E-state index is 0.226. The van der Waals surface area contributed by atoms with Gasteiger partial charge < -0.3 is 5.32 Å². The fourth-order valence-electron chi connectivity index (χ4n) is 2.57. The van der Waals surface area contributed by atoms with E-state index in [1.54, 1.807) is 31.2 Å². The Balaban J connectivity index is 1.88. The van der Waals surface area contributed by atoms with Gasteiger partial charge in [-0.2, -0.15) is 18.3 Å². The molecule has 168 valence electrons. The Morgan fingerprint density at radius 3 is 2.38 bits per heavy atom. The van der Waals surface area contributed by atoms with E-state index in [0.717, 1.165) is 12.1 Å². The molecule has 2 aromatic carbocycles. The molecule has 1 amide bonds. The van der Waals surface area contributed by atoms with Crippen molar-refractivity contribution in [2.75, 3.05) is 5.32 Å². The van der Waals surface area contributed by atoms with Crippen LogP contribution in [0.1, 0.15) is 34.6 Å². The number of anilines is 1. The number of H-pyrrole nitrogens is 1. The van der Waals surface area contributed by atoms with Crippen molar-refractivity contribution >= 4 is 29.3 Å². The van der Waals surface area contributed by atoms with Gasteiger partial charge in [0.1, 0.15) is 5.69 Å². The molecule has 0 aliphatic rings. The van der Waals surface area contributed by atoms with Crippen LogP contribution < -0.4 is 10.6 Å².